The van der Waals surface area contributed by atoms with Gasteiger partial charge in [0, 0.05) is 17.1 Å². The van der Waals surface area contributed by atoms with Crippen LogP contribution in [0.2, 0.25) is 0 Å². The Hall–Kier alpha value is -1.31. The fourth-order valence-corrected chi connectivity index (χ4v) is 1.44. The molecule has 0 aliphatic rings. The fraction of sp³-hybridized carbons (Fsp3) is 0.200. The number of hydrogen-bond donors (Lipinski definition) is 1. The highest BCUT2D eigenvalue weighted by Crippen LogP contribution is 2.22. The van der Waals surface area contributed by atoms with Crippen molar-refractivity contribution in [2.45, 2.75) is 13.8 Å². The van der Waals surface area contributed by atoms with Gasteiger partial charge in [-0.2, -0.15) is 0 Å². The topological polar surface area (TPSA) is 15.8 Å². The lowest BCUT2D eigenvalue weighted by molar-refractivity contribution is 0.619. The lowest BCUT2D eigenvalue weighted by atomic mass is 10.1. The van der Waals surface area contributed by atoms with Crippen LogP contribution in [0.4, 0.5) is 4.39 Å². The van der Waals surface area contributed by atoms with Gasteiger partial charge in [0.05, 0.1) is 0 Å². The van der Waals surface area contributed by atoms with Crippen molar-refractivity contribution in [1.82, 2.24) is 4.98 Å². The molecule has 2 heteroatoms. The first-order chi connectivity index (χ1) is 5.70. The van der Waals surface area contributed by atoms with E-state index in [1.54, 1.807) is 6.92 Å². The lowest BCUT2D eigenvalue weighted by Crippen LogP contribution is -1.87. The molecule has 0 amide bonds. The molecule has 0 spiro atoms. The lowest BCUT2D eigenvalue weighted by Gasteiger charge is -2.02. The summed E-state index contributed by atoms with van der Waals surface area (Å²) in [5.74, 6) is -0.137. The third kappa shape index (κ3) is 0.843. The highest BCUT2D eigenvalue weighted by Gasteiger charge is 2.05. The number of rotatable bonds is 0. The molecule has 0 radical (unpaired) electrons. The molecule has 2 rings (SSSR count). The quantitative estimate of drug-likeness (QED) is 0.614. The number of H-pyrrole nitrogens is 1. The van der Waals surface area contributed by atoms with Gasteiger partial charge in [-0.05, 0) is 37.1 Å². The number of halogens is 1. The van der Waals surface area contributed by atoms with E-state index in [4.69, 9.17) is 0 Å². The number of aromatic amines is 1. The maximum atomic E-state index is 13.2. The minimum atomic E-state index is -0.137. The van der Waals surface area contributed by atoms with E-state index in [0.29, 0.717) is 0 Å². The third-order valence-corrected chi connectivity index (χ3v) is 2.37. The molecule has 2 aromatic rings. The standard InChI is InChI=1S/C10H10FN/c1-6-7(2)9(11)5-10-8(6)3-4-12-10/h3-5,12H,1-2H3. The number of aryl methyl sites for hydroxylation is 1. The second-order valence-electron chi connectivity index (χ2n) is 3.05. The summed E-state index contributed by atoms with van der Waals surface area (Å²) >= 11 is 0. The molecular weight excluding hydrogens is 153 g/mol. The van der Waals surface area contributed by atoms with E-state index in [9.17, 15) is 4.39 Å². The average molecular weight is 163 g/mol. The first-order valence-corrected chi connectivity index (χ1v) is 3.93. The summed E-state index contributed by atoms with van der Waals surface area (Å²) in [7, 11) is 0. The molecule has 0 fully saturated rings. The zero-order valence-electron chi connectivity index (χ0n) is 7.11. The van der Waals surface area contributed by atoms with Crippen LogP contribution >= 0.6 is 0 Å². The minimum absolute atomic E-state index is 0.137. The number of nitrogens with one attached hydrogen (secondary N) is 1. The van der Waals surface area contributed by atoms with Crippen LogP contribution < -0.4 is 0 Å². The van der Waals surface area contributed by atoms with E-state index in [2.05, 4.69) is 4.98 Å². The van der Waals surface area contributed by atoms with Gasteiger partial charge in [-0.1, -0.05) is 0 Å². The Morgan fingerprint density at radius 1 is 1.25 bits per heavy atom. The van der Waals surface area contributed by atoms with E-state index in [1.165, 1.54) is 6.07 Å². The minimum Gasteiger partial charge on any atom is -0.361 e. The molecule has 0 bridgehead atoms. The van der Waals surface area contributed by atoms with E-state index in [-0.39, 0.29) is 5.82 Å². The molecule has 0 unspecified atom stereocenters. The van der Waals surface area contributed by atoms with Gasteiger partial charge in [-0.3, -0.25) is 0 Å². The summed E-state index contributed by atoms with van der Waals surface area (Å²) in [6.07, 6.45) is 1.83. The Morgan fingerprint density at radius 2 is 2.00 bits per heavy atom. The average Bonchev–Trinajstić information content (AvgIpc) is 2.48. The Balaban J connectivity index is 2.94. The molecule has 1 aromatic carbocycles. The van der Waals surface area contributed by atoms with Crippen molar-refractivity contribution in [2.24, 2.45) is 0 Å². The van der Waals surface area contributed by atoms with E-state index in [1.807, 2.05) is 19.2 Å². The highest BCUT2D eigenvalue weighted by molar-refractivity contribution is 5.83. The van der Waals surface area contributed by atoms with E-state index < -0.39 is 0 Å². The van der Waals surface area contributed by atoms with Gasteiger partial charge in [-0.15, -0.1) is 0 Å². The predicted molar refractivity (Wildman–Crippen MR) is 47.7 cm³/mol. The molecule has 1 aromatic heterocycles. The van der Waals surface area contributed by atoms with Gasteiger partial charge in [0.25, 0.3) is 0 Å². The van der Waals surface area contributed by atoms with Crippen LogP contribution in [-0.4, -0.2) is 4.98 Å². The molecule has 0 saturated carbocycles. The SMILES string of the molecule is Cc1c(F)cc2[nH]ccc2c1C. The molecule has 1 heterocycles. The maximum absolute atomic E-state index is 13.2. The highest BCUT2D eigenvalue weighted by atomic mass is 19.1. The molecule has 0 saturated heterocycles. The zero-order chi connectivity index (χ0) is 8.72. The van der Waals surface area contributed by atoms with Crippen LogP contribution in [0.1, 0.15) is 11.1 Å². The third-order valence-electron chi connectivity index (χ3n) is 2.37. The molecule has 12 heavy (non-hydrogen) atoms. The molecule has 0 aliphatic carbocycles. The monoisotopic (exact) mass is 163 g/mol. The van der Waals surface area contributed by atoms with Crippen molar-refractivity contribution in [3.05, 3.63) is 35.3 Å². The summed E-state index contributed by atoms with van der Waals surface area (Å²) in [4.78, 5) is 2.99. The van der Waals surface area contributed by atoms with Crippen LogP contribution in [0.3, 0.4) is 0 Å². The van der Waals surface area contributed by atoms with Crippen molar-refractivity contribution >= 4 is 10.9 Å². The molecular formula is C10H10FN. The van der Waals surface area contributed by atoms with Gasteiger partial charge in [-0.25, -0.2) is 4.39 Å². The largest absolute Gasteiger partial charge is 0.361 e. The van der Waals surface area contributed by atoms with Crippen molar-refractivity contribution < 1.29 is 4.39 Å². The van der Waals surface area contributed by atoms with E-state index >= 15 is 0 Å². The molecule has 0 aliphatic heterocycles. The first-order valence-electron chi connectivity index (χ1n) is 3.93. The van der Waals surface area contributed by atoms with Crippen molar-refractivity contribution in [2.75, 3.05) is 0 Å². The smallest absolute Gasteiger partial charge is 0.128 e. The first kappa shape index (κ1) is 7.35. The van der Waals surface area contributed by atoms with Crippen LogP contribution in [0.5, 0.6) is 0 Å². The van der Waals surface area contributed by atoms with Crippen LogP contribution in [0.25, 0.3) is 10.9 Å². The predicted octanol–water partition coefficient (Wildman–Crippen LogP) is 2.92. The van der Waals surface area contributed by atoms with Gasteiger partial charge in [0.1, 0.15) is 5.82 Å². The summed E-state index contributed by atoms with van der Waals surface area (Å²) < 4.78 is 13.2. The molecule has 0 atom stereocenters. The van der Waals surface area contributed by atoms with Crippen LogP contribution in [0, 0.1) is 19.7 Å². The normalized spacial score (nSPS) is 10.9. The summed E-state index contributed by atoms with van der Waals surface area (Å²) in [5.41, 5.74) is 2.63. The zero-order valence-corrected chi connectivity index (χ0v) is 7.11. The second kappa shape index (κ2) is 2.34. The summed E-state index contributed by atoms with van der Waals surface area (Å²) in [6.45, 7) is 3.74. The van der Waals surface area contributed by atoms with Gasteiger partial charge < -0.3 is 4.98 Å². The molecule has 1 nitrogen and oxygen atoms in total. The second-order valence-corrected chi connectivity index (χ2v) is 3.05. The van der Waals surface area contributed by atoms with Gasteiger partial charge >= 0.3 is 0 Å². The number of aromatic nitrogens is 1. The van der Waals surface area contributed by atoms with Gasteiger partial charge in [0.2, 0.25) is 0 Å². The molecule has 1 N–H and O–H groups in total. The number of fused-ring (bicyclic) bond motifs is 1. The number of hydrogen-bond acceptors (Lipinski definition) is 0. The summed E-state index contributed by atoms with van der Waals surface area (Å²) in [5, 5.41) is 1.11. The van der Waals surface area contributed by atoms with Gasteiger partial charge in [0.15, 0.2) is 0 Å². The van der Waals surface area contributed by atoms with E-state index in [0.717, 1.165) is 22.0 Å². The Bertz CT molecular complexity index is 429. The Morgan fingerprint density at radius 3 is 2.75 bits per heavy atom. The Labute approximate surface area is 70.2 Å². The van der Waals surface area contributed by atoms with Crippen LogP contribution in [-0.2, 0) is 0 Å². The Kier molecular flexibility index (Phi) is 1.43. The van der Waals surface area contributed by atoms with Crippen molar-refractivity contribution in [3.8, 4) is 0 Å². The fourth-order valence-electron chi connectivity index (χ4n) is 1.44. The summed E-state index contributed by atoms with van der Waals surface area (Å²) in [6, 6.07) is 3.51. The van der Waals surface area contributed by atoms with Crippen molar-refractivity contribution in [3.63, 3.8) is 0 Å². The van der Waals surface area contributed by atoms with Crippen LogP contribution in [0.15, 0.2) is 18.3 Å². The van der Waals surface area contributed by atoms with Crippen molar-refractivity contribution in [1.29, 1.82) is 0 Å². The molecule has 62 valence electrons. The maximum Gasteiger partial charge on any atom is 0.128 e. The number of benzene rings is 1.